The zero-order valence-electron chi connectivity index (χ0n) is 20.8. The summed E-state index contributed by atoms with van der Waals surface area (Å²) in [6.45, 7) is 6.32. The van der Waals surface area contributed by atoms with E-state index in [1.54, 1.807) is 0 Å². The minimum atomic E-state index is -0.610. The Labute approximate surface area is 209 Å². The summed E-state index contributed by atoms with van der Waals surface area (Å²) in [5, 5.41) is 13.9. The lowest BCUT2D eigenvalue weighted by Gasteiger charge is -2.33. The van der Waals surface area contributed by atoms with Gasteiger partial charge >= 0.3 is 0 Å². The van der Waals surface area contributed by atoms with E-state index in [4.69, 9.17) is 14.2 Å². The second-order valence-corrected chi connectivity index (χ2v) is 9.56. The van der Waals surface area contributed by atoms with Crippen LogP contribution in [-0.2, 0) is 24.2 Å². The van der Waals surface area contributed by atoms with E-state index in [0.717, 1.165) is 61.5 Å². The number of aliphatic hydroxyl groups excluding tert-OH is 1. The van der Waals surface area contributed by atoms with Crippen LogP contribution in [0.5, 0.6) is 11.5 Å². The highest BCUT2D eigenvalue weighted by Crippen LogP contribution is 2.32. The molecule has 1 atom stereocenters. The van der Waals surface area contributed by atoms with Crippen molar-refractivity contribution < 1.29 is 19.3 Å². The van der Waals surface area contributed by atoms with Gasteiger partial charge < -0.3 is 24.6 Å². The Morgan fingerprint density at radius 1 is 0.943 bits per heavy atom. The molecule has 0 bridgehead atoms. The van der Waals surface area contributed by atoms with Gasteiger partial charge in [0.25, 0.3) is 0 Å². The van der Waals surface area contributed by atoms with Crippen LogP contribution in [0.4, 0.5) is 0 Å². The minimum absolute atomic E-state index is 0.490. The molecule has 0 saturated heterocycles. The topological polar surface area (TPSA) is 60.0 Å². The van der Waals surface area contributed by atoms with Crippen molar-refractivity contribution in [2.24, 2.45) is 0 Å². The van der Waals surface area contributed by atoms with E-state index in [2.05, 4.69) is 47.8 Å². The quantitative estimate of drug-likeness (QED) is 0.334. The summed E-state index contributed by atoms with van der Waals surface area (Å²) in [4.78, 5) is 0. The minimum Gasteiger partial charge on any atom is -0.494 e. The molecule has 0 unspecified atom stereocenters. The molecule has 0 radical (unpaired) electrons. The third-order valence-electron chi connectivity index (χ3n) is 6.22. The first-order chi connectivity index (χ1) is 17.0. The zero-order valence-corrected chi connectivity index (χ0v) is 20.8. The average Bonchev–Trinajstić information content (AvgIpc) is 2.87. The lowest BCUT2D eigenvalue weighted by atomic mass is 10.0. The van der Waals surface area contributed by atoms with E-state index in [1.165, 1.54) is 11.1 Å². The number of hydrogen-bond acceptors (Lipinski definition) is 5. The number of fused-ring (bicyclic) bond motifs is 1. The standard InChI is InChI=1S/C30H37NO4/c1-30(2)34-22-26-20-25(13-16-29(26)35-30)28(32)21-31-18-17-24-11-14-27(15-12-24)33-19-7-6-10-23-8-4-3-5-9-23/h3-5,8-9,11-16,20,28,31-32H,6-7,10,17-19,21-22H2,1-2H3/t28-/m0/s1. The monoisotopic (exact) mass is 475 g/mol. The summed E-state index contributed by atoms with van der Waals surface area (Å²) in [5.41, 5.74) is 4.47. The van der Waals surface area contributed by atoms with Crippen molar-refractivity contribution in [2.45, 2.75) is 58.0 Å². The van der Waals surface area contributed by atoms with Crippen molar-refractivity contribution in [3.8, 4) is 11.5 Å². The Morgan fingerprint density at radius 3 is 2.51 bits per heavy atom. The molecule has 1 heterocycles. The number of hydrogen-bond donors (Lipinski definition) is 2. The van der Waals surface area contributed by atoms with Crippen molar-refractivity contribution >= 4 is 0 Å². The van der Waals surface area contributed by atoms with Crippen LogP contribution in [0, 0.1) is 0 Å². The molecule has 0 aliphatic carbocycles. The van der Waals surface area contributed by atoms with Gasteiger partial charge in [0.15, 0.2) is 0 Å². The Balaban J connectivity index is 1.12. The molecule has 4 rings (SSSR count). The van der Waals surface area contributed by atoms with Gasteiger partial charge in [-0.25, -0.2) is 0 Å². The van der Waals surface area contributed by atoms with Gasteiger partial charge in [0, 0.05) is 26.0 Å². The molecule has 1 aliphatic heterocycles. The van der Waals surface area contributed by atoms with Gasteiger partial charge in [-0.2, -0.15) is 0 Å². The fourth-order valence-corrected chi connectivity index (χ4v) is 4.17. The van der Waals surface area contributed by atoms with Gasteiger partial charge in [-0.3, -0.25) is 0 Å². The molecular weight excluding hydrogens is 438 g/mol. The maximum absolute atomic E-state index is 10.6. The summed E-state index contributed by atoms with van der Waals surface area (Å²) in [5.74, 6) is 1.13. The van der Waals surface area contributed by atoms with Crippen LogP contribution in [0.2, 0.25) is 0 Å². The van der Waals surface area contributed by atoms with Crippen LogP contribution < -0.4 is 14.8 Å². The van der Waals surface area contributed by atoms with Gasteiger partial charge in [0.2, 0.25) is 5.79 Å². The molecule has 2 N–H and O–H groups in total. The highest BCUT2D eigenvalue weighted by Gasteiger charge is 2.27. The number of rotatable bonds is 12. The Kier molecular flexibility index (Phi) is 8.80. The van der Waals surface area contributed by atoms with Gasteiger partial charge in [0.1, 0.15) is 11.5 Å². The largest absolute Gasteiger partial charge is 0.494 e. The maximum atomic E-state index is 10.6. The van der Waals surface area contributed by atoms with Crippen LogP contribution >= 0.6 is 0 Å². The SMILES string of the molecule is CC1(C)OCc2cc([C@@H](O)CNCCc3ccc(OCCCCc4ccccc4)cc3)ccc2O1. The van der Waals surface area contributed by atoms with E-state index in [0.29, 0.717) is 13.2 Å². The average molecular weight is 476 g/mol. The number of ether oxygens (including phenoxy) is 3. The zero-order chi connectivity index (χ0) is 24.5. The summed E-state index contributed by atoms with van der Waals surface area (Å²) in [7, 11) is 0. The van der Waals surface area contributed by atoms with Gasteiger partial charge in [-0.15, -0.1) is 0 Å². The third-order valence-corrected chi connectivity index (χ3v) is 6.22. The molecule has 5 heteroatoms. The first kappa shape index (κ1) is 25.2. The fourth-order valence-electron chi connectivity index (χ4n) is 4.17. The second-order valence-electron chi connectivity index (χ2n) is 9.56. The van der Waals surface area contributed by atoms with Gasteiger partial charge in [-0.1, -0.05) is 48.5 Å². The normalized spacial score (nSPS) is 15.2. The highest BCUT2D eigenvalue weighted by molar-refractivity contribution is 5.39. The lowest BCUT2D eigenvalue weighted by Crippen LogP contribution is -2.35. The number of nitrogens with one attached hydrogen (secondary N) is 1. The summed E-state index contributed by atoms with van der Waals surface area (Å²) < 4.78 is 17.4. The molecule has 35 heavy (non-hydrogen) atoms. The molecule has 0 spiro atoms. The molecule has 5 nitrogen and oxygen atoms in total. The van der Waals surface area contributed by atoms with Crippen molar-refractivity contribution in [3.63, 3.8) is 0 Å². The van der Waals surface area contributed by atoms with Crippen LogP contribution in [0.1, 0.15) is 55.0 Å². The molecule has 0 amide bonds. The molecule has 1 aliphatic rings. The molecule has 186 valence electrons. The third kappa shape index (κ3) is 7.82. The van der Waals surface area contributed by atoms with E-state index in [1.807, 2.05) is 44.2 Å². The maximum Gasteiger partial charge on any atom is 0.205 e. The summed E-state index contributed by atoms with van der Waals surface area (Å²) in [6.07, 6.45) is 3.59. The lowest BCUT2D eigenvalue weighted by molar-refractivity contribution is -0.180. The Bertz CT molecular complexity index is 1050. The van der Waals surface area contributed by atoms with E-state index in [9.17, 15) is 5.11 Å². The predicted octanol–water partition coefficient (Wildman–Crippen LogP) is 5.60. The van der Waals surface area contributed by atoms with E-state index in [-0.39, 0.29) is 0 Å². The molecular formula is C30H37NO4. The van der Waals surface area contributed by atoms with Crippen molar-refractivity contribution in [1.29, 1.82) is 0 Å². The smallest absolute Gasteiger partial charge is 0.205 e. The van der Waals surface area contributed by atoms with Crippen molar-refractivity contribution in [2.75, 3.05) is 19.7 Å². The first-order valence-electron chi connectivity index (χ1n) is 12.6. The molecule has 0 saturated carbocycles. The number of unbranched alkanes of at least 4 members (excludes halogenated alkanes) is 1. The summed E-state index contributed by atoms with van der Waals surface area (Å²) in [6, 6.07) is 24.7. The molecule has 0 aromatic heterocycles. The summed E-state index contributed by atoms with van der Waals surface area (Å²) >= 11 is 0. The molecule has 3 aromatic rings. The Hall–Kier alpha value is -2.86. The fraction of sp³-hybridized carbons (Fsp3) is 0.400. The van der Waals surface area contributed by atoms with Crippen LogP contribution in [0.3, 0.4) is 0 Å². The van der Waals surface area contributed by atoms with Crippen LogP contribution in [0.15, 0.2) is 72.8 Å². The number of aryl methyl sites for hydroxylation is 1. The second kappa shape index (κ2) is 12.2. The number of aliphatic hydroxyl groups is 1. The Morgan fingerprint density at radius 2 is 1.71 bits per heavy atom. The van der Waals surface area contributed by atoms with E-state index < -0.39 is 11.9 Å². The molecule has 0 fully saturated rings. The van der Waals surface area contributed by atoms with Crippen LogP contribution in [0.25, 0.3) is 0 Å². The number of benzene rings is 3. The van der Waals surface area contributed by atoms with Gasteiger partial charge in [0.05, 0.1) is 19.3 Å². The highest BCUT2D eigenvalue weighted by atomic mass is 16.7. The van der Waals surface area contributed by atoms with Crippen LogP contribution in [-0.4, -0.2) is 30.6 Å². The van der Waals surface area contributed by atoms with Crippen molar-refractivity contribution in [3.05, 3.63) is 95.1 Å². The molecule has 3 aromatic carbocycles. The van der Waals surface area contributed by atoms with E-state index >= 15 is 0 Å². The van der Waals surface area contributed by atoms with Gasteiger partial charge in [-0.05, 0) is 73.2 Å². The first-order valence-corrected chi connectivity index (χ1v) is 12.6. The van der Waals surface area contributed by atoms with Crippen molar-refractivity contribution in [1.82, 2.24) is 5.32 Å². The predicted molar refractivity (Wildman–Crippen MR) is 139 cm³/mol.